The van der Waals surface area contributed by atoms with E-state index in [4.69, 9.17) is 9.47 Å². The Morgan fingerprint density at radius 1 is 0.439 bits per heavy atom. The van der Waals surface area contributed by atoms with Gasteiger partial charge in [0.25, 0.3) is 11.4 Å². The predicted octanol–water partition coefficient (Wildman–Crippen LogP) is 12.8. The van der Waals surface area contributed by atoms with Crippen molar-refractivity contribution in [1.82, 2.24) is 29.1 Å². The van der Waals surface area contributed by atoms with Gasteiger partial charge in [-0.15, -0.1) is 0 Å². The number of hydrogen-bond donors (Lipinski definition) is 0. The van der Waals surface area contributed by atoms with E-state index in [2.05, 4.69) is 41.2 Å². The molecule has 0 bridgehead atoms. The van der Waals surface area contributed by atoms with Crippen LogP contribution in [0.4, 0.5) is 11.4 Å². The normalized spacial score (nSPS) is 11.4. The molecule has 0 aliphatic carbocycles. The number of hydrogen-bond acceptors (Lipinski definition) is 10. The molecule has 0 unspecified atom stereocenters. The minimum absolute atomic E-state index is 0.149. The van der Waals surface area contributed by atoms with Crippen LogP contribution in [-0.4, -0.2) is 38.9 Å². The number of rotatable bonds is 10. The molecule has 0 radical (unpaired) electrons. The number of benzene rings is 6. The Labute approximate surface area is 374 Å². The van der Waals surface area contributed by atoms with E-state index >= 15 is 0 Å². The Kier molecular flexibility index (Phi) is 9.47. The van der Waals surface area contributed by atoms with Gasteiger partial charge < -0.3 is 9.47 Å². The second kappa shape index (κ2) is 15.8. The fourth-order valence-electron chi connectivity index (χ4n) is 8.57. The Morgan fingerprint density at radius 2 is 0.833 bits per heavy atom. The molecule has 14 heteroatoms. The van der Waals surface area contributed by atoms with Crippen molar-refractivity contribution in [2.75, 3.05) is 0 Å². The number of nitrogens with zero attached hydrogens (tertiary/aromatic N) is 8. The maximum absolute atomic E-state index is 12.3. The van der Waals surface area contributed by atoms with Crippen LogP contribution in [0.15, 0.2) is 170 Å². The monoisotopic (exact) mass is 866 g/mol. The number of nitro groups is 2. The highest BCUT2D eigenvalue weighted by Gasteiger charge is 2.23. The number of fused-ring (bicyclic) bond motifs is 6. The van der Waals surface area contributed by atoms with Crippen LogP contribution in [0, 0.1) is 34.1 Å². The zero-order valence-electron chi connectivity index (χ0n) is 35.2. The lowest BCUT2D eigenvalue weighted by Gasteiger charge is -2.11. The van der Waals surface area contributed by atoms with E-state index in [0.29, 0.717) is 23.0 Å². The largest absolute Gasteiger partial charge is 0.457 e. The standard InChI is InChI=1S/C52H34N8O6/c1-31-19-21-53-51(23-31)57-45-9-5-3-7-37(45)39-15-11-35(27-49(39)57)65-33-13-17-47(59(61)62)41(25-33)43-29-56-44(30-55-43)42-26-34(14-18-48(42)60(63)64)66-36-12-16-40-38-8-4-6-10-46(38)58(50(40)28-36)52-24-32(2)20-22-54-52/h3-30H,1-2H3. The first-order chi connectivity index (χ1) is 32.2. The zero-order valence-corrected chi connectivity index (χ0v) is 35.2. The van der Waals surface area contributed by atoms with Gasteiger partial charge in [-0.1, -0.05) is 36.4 Å². The van der Waals surface area contributed by atoms with Gasteiger partial charge in [-0.05, 0) is 110 Å². The third kappa shape index (κ3) is 6.95. The smallest absolute Gasteiger partial charge is 0.279 e. The van der Waals surface area contributed by atoms with Crippen LogP contribution in [0.2, 0.25) is 0 Å². The molecule has 11 rings (SSSR count). The fourth-order valence-corrected chi connectivity index (χ4v) is 8.57. The van der Waals surface area contributed by atoms with Crippen LogP contribution < -0.4 is 9.47 Å². The Hall–Kier alpha value is -9.30. The summed E-state index contributed by atoms with van der Waals surface area (Å²) in [6.45, 7) is 4.03. The van der Waals surface area contributed by atoms with Gasteiger partial charge in [0.2, 0.25) is 0 Å². The van der Waals surface area contributed by atoms with Crippen molar-refractivity contribution in [1.29, 1.82) is 0 Å². The van der Waals surface area contributed by atoms with Gasteiger partial charge in [-0.3, -0.25) is 39.3 Å². The molecule has 66 heavy (non-hydrogen) atoms. The van der Waals surface area contributed by atoms with Crippen molar-refractivity contribution in [2.45, 2.75) is 13.8 Å². The minimum Gasteiger partial charge on any atom is -0.457 e. The molecule has 0 fully saturated rings. The van der Waals surface area contributed by atoms with Crippen molar-refractivity contribution >= 4 is 55.0 Å². The first-order valence-electron chi connectivity index (χ1n) is 20.8. The molecule has 0 amide bonds. The molecule has 0 spiro atoms. The summed E-state index contributed by atoms with van der Waals surface area (Å²) in [5.74, 6) is 3.17. The molecular weight excluding hydrogens is 833 g/mol. The van der Waals surface area contributed by atoms with Crippen LogP contribution in [0.1, 0.15) is 11.1 Å². The van der Waals surface area contributed by atoms with E-state index < -0.39 is 9.85 Å². The second-order valence-corrected chi connectivity index (χ2v) is 15.8. The zero-order chi connectivity index (χ0) is 45.1. The van der Waals surface area contributed by atoms with Gasteiger partial charge in [0.1, 0.15) is 34.6 Å². The summed E-state index contributed by atoms with van der Waals surface area (Å²) in [4.78, 5) is 42.0. The Balaban J connectivity index is 0.917. The first kappa shape index (κ1) is 39.5. The van der Waals surface area contributed by atoms with Crippen molar-refractivity contribution in [3.63, 3.8) is 0 Å². The van der Waals surface area contributed by atoms with Crippen LogP contribution in [0.3, 0.4) is 0 Å². The number of aryl methyl sites for hydroxylation is 2. The maximum Gasteiger partial charge on any atom is 0.279 e. The van der Waals surface area contributed by atoms with E-state index in [1.165, 1.54) is 48.8 Å². The minimum atomic E-state index is -0.506. The lowest BCUT2D eigenvalue weighted by Crippen LogP contribution is -1.98. The van der Waals surface area contributed by atoms with Crippen LogP contribution in [0.5, 0.6) is 23.0 Å². The number of aromatic nitrogens is 6. The molecule has 0 saturated carbocycles. The van der Waals surface area contributed by atoms with Crippen LogP contribution in [0.25, 0.3) is 77.8 Å². The molecule has 318 valence electrons. The Bertz CT molecular complexity index is 3520. The average Bonchev–Trinajstić information content (AvgIpc) is 3.83. The summed E-state index contributed by atoms with van der Waals surface area (Å²) in [6, 6.07) is 44.4. The summed E-state index contributed by atoms with van der Waals surface area (Å²) in [7, 11) is 0. The lowest BCUT2D eigenvalue weighted by atomic mass is 10.1. The van der Waals surface area contributed by atoms with Gasteiger partial charge in [-0.25, -0.2) is 9.97 Å². The summed E-state index contributed by atoms with van der Waals surface area (Å²) in [5, 5.41) is 28.8. The van der Waals surface area contributed by atoms with Crippen molar-refractivity contribution in [2.24, 2.45) is 0 Å². The summed E-state index contributed by atoms with van der Waals surface area (Å²) < 4.78 is 16.9. The third-order valence-corrected chi connectivity index (χ3v) is 11.6. The molecule has 6 aromatic carbocycles. The predicted molar refractivity (Wildman–Crippen MR) is 253 cm³/mol. The second-order valence-electron chi connectivity index (χ2n) is 15.8. The molecule has 0 aliphatic heterocycles. The van der Waals surface area contributed by atoms with Gasteiger partial charge in [0, 0.05) is 58.2 Å². The molecule has 0 N–H and O–H groups in total. The van der Waals surface area contributed by atoms with E-state index in [0.717, 1.165) is 66.4 Å². The highest BCUT2D eigenvalue weighted by atomic mass is 16.6. The number of para-hydroxylation sites is 2. The quantitative estimate of drug-likeness (QED) is 0.0953. The number of ether oxygens (including phenoxy) is 2. The molecule has 11 aromatic rings. The molecule has 5 heterocycles. The van der Waals surface area contributed by atoms with Gasteiger partial charge in [0.05, 0.1) is 66.8 Å². The summed E-state index contributed by atoms with van der Waals surface area (Å²) in [6.07, 6.45) is 6.26. The summed E-state index contributed by atoms with van der Waals surface area (Å²) >= 11 is 0. The SMILES string of the molecule is Cc1ccnc(-n2c3ccccc3c3ccc(Oc4ccc([N+](=O)[O-])c(-c5cnc(-c6cc(Oc7ccc8c9ccccc9n(-c9cc(C)ccn9)c8c7)ccc6[N+](=O)[O-])cn5)c4)cc32)c1. The van der Waals surface area contributed by atoms with Gasteiger partial charge in [-0.2, -0.15) is 0 Å². The molecule has 0 atom stereocenters. The highest BCUT2D eigenvalue weighted by molar-refractivity contribution is 6.10. The average molecular weight is 867 g/mol. The van der Waals surface area contributed by atoms with E-state index in [1.54, 1.807) is 12.4 Å². The summed E-state index contributed by atoms with van der Waals surface area (Å²) in [5.41, 5.74) is 6.04. The fraction of sp³-hybridized carbons (Fsp3) is 0.0385. The van der Waals surface area contributed by atoms with Gasteiger partial charge in [0.15, 0.2) is 0 Å². The van der Waals surface area contributed by atoms with E-state index in [-0.39, 0.29) is 33.9 Å². The maximum atomic E-state index is 12.3. The number of nitro benzene ring substituents is 2. The third-order valence-electron chi connectivity index (χ3n) is 11.6. The van der Waals surface area contributed by atoms with Crippen LogP contribution >= 0.6 is 0 Å². The molecule has 14 nitrogen and oxygen atoms in total. The lowest BCUT2D eigenvalue weighted by molar-refractivity contribution is -0.384. The molecule has 5 aromatic heterocycles. The molecule has 0 aliphatic rings. The molecule has 0 saturated heterocycles. The van der Waals surface area contributed by atoms with Crippen molar-refractivity contribution in [3.05, 3.63) is 202 Å². The van der Waals surface area contributed by atoms with Crippen molar-refractivity contribution < 1.29 is 19.3 Å². The van der Waals surface area contributed by atoms with Crippen molar-refractivity contribution in [3.8, 4) is 57.1 Å². The van der Waals surface area contributed by atoms with Crippen LogP contribution in [-0.2, 0) is 0 Å². The topological polar surface area (TPSA) is 166 Å². The first-order valence-corrected chi connectivity index (χ1v) is 20.8. The van der Waals surface area contributed by atoms with Gasteiger partial charge >= 0.3 is 0 Å². The molecular formula is C52H34N8O6. The number of pyridine rings is 2. The van der Waals surface area contributed by atoms with E-state index in [9.17, 15) is 20.2 Å². The highest BCUT2D eigenvalue weighted by Crippen LogP contribution is 2.40. The Morgan fingerprint density at radius 3 is 1.24 bits per heavy atom. The van der Waals surface area contributed by atoms with E-state index in [1.807, 2.05) is 111 Å².